The second-order valence-electron chi connectivity index (χ2n) is 6.62. The van der Waals surface area contributed by atoms with Gasteiger partial charge in [-0.25, -0.2) is 4.98 Å². The molecule has 126 valence electrons. The van der Waals surface area contributed by atoms with Gasteiger partial charge in [0.05, 0.1) is 11.6 Å². The number of rotatable bonds is 2. The Morgan fingerprint density at radius 3 is 2.35 bits per heavy atom. The van der Waals surface area contributed by atoms with Crippen LogP contribution in [0.4, 0.5) is 0 Å². The van der Waals surface area contributed by atoms with E-state index in [-0.39, 0.29) is 17.7 Å². The van der Waals surface area contributed by atoms with E-state index in [4.69, 9.17) is 4.42 Å². The molecule has 2 aliphatic rings. The number of hydrogen-bond donors (Lipinski definition) is 0. The van der Waals surface area contributed by atoms with Gasteiger partial charge in [-0.05, 0) is 26.2 Å². The summed E-state index contributed by atoms with van der Waals surface area (Å²) in [5.74, 6) is 0.816. The first-order chi connectivity index (χ1) is 11.1. The van der Waals surface area contributed by atoms with E-state index in [2.05, 4.69) is 4.98 Å². The summed E-state index contributed by atoms with van der Waals surface area (Å²) >= 11 is 0. The van der Waals surface area contributed by atoms with Gasteiger partial charge in [-0.15, -0.1) is 0 Å². The van der Waals surface area contributed by atoms with E-state index in [1.54, 1.807) is 18.7 Å². The molecule has 1 aromatic rings. The zero-order chi connectivity index (χ0) is 16.4. The minimum Gasteiger partial charge on any atom is -0.436 e. The van der Waals surface area contributed by atoms with Gasteiger partial charge in [0.1, 0.15) is 0 Å². The van der Waals surface area contributed by atoms with Gasteiger partial charge in [-0.2, -0.15) is 0 Å². The first-order valence-electron chi connectivity index (χ1n) is 8.58. The van der Waals surface area contributed by atoms with Crippen molar-refractivity contribution in [2.24, 2.45) is 5.92 Å². The molecule has 0 spiro atoms. The molecule has 2 fully saturated rings. The van der Waals surface area contributed by atoms with Crippen LogP contribution in [-0.4, -0.2) is 52.8 Å². The molecule has 0 bridgehead atoms. The topological polar surface area (TPSA) is 66.7 Å². The molecular formula is C17H25N3O3. The fourth-order valence-corrected chi connectivity index (χ4v) is 3.57. The minimum absolute atomic E-state index is 0.0682. The van der Waals surface area contributed by atoms with Crippen LogP contribution in [0, 0.1) is 19.8 Å². The third-order valence-electron chi connectivity index (χ3n) is 4.84. The molecular weight excluding hydrogens is 294 g/mol. The number of aryl methyl sites for hydroxylation is 2. The summed E-state index contributed by atoms with van der Waals surface area (Å²) in [7, 11) is 0. The Morgan fingerprint density at radius 1 is 1.04 bits per heavy atom. The average molecular weight is 319 g/mol. The zero-order valence-corrected chi connectivity index (χ0v) is 14.0. The first kappa shape index (κ1) is 16.0. The van der Waals surface area contributed by atoms with Crippen LogP contribution in [0.2, 0.25) is 0 Å². The fraction of sp³-hybridized carbons (Fsp3) is 0.706. The Hall–Kier alpha value is -1.85. The zero-order valence-electron chi connectivity index (χ0n) is 14.0. The van der Waals surface area contributed by atoms with Crippen LogP contribution in [-0.2, 0) is 4.79 Å². The van der Waals surface area contributed by atoms with Gasteiger partial charge < -0.3 is 14.2 Å². The van der Waals surface area contributed by atoms with E-state index in [0.29, 0.717) is 30.4 Å². The highest BCUT2D eigenvalue weighted by Gasteiger charge is 2.35. The third kappa shape index (κ3) is 3.41. The van der Waals surface area contributed by atoms with Crippen molar-refractivity contribution in [1.82, 2.24) is 14.8 Å². The van der Waals surface area contributed by atoms with E-state index < -0.39 is 0 Å². The standard InChI is InChI=1S/C17H25N3O3/c1-12-15(23-13(2)18-12)17(22)20-10-7-14(11-20)16(21)19-8-5-3-4-6-9-19/h14H,3-11H2,1-2H3. The van der Waals surface area contributed by atoms with E-state index in [0.717, 1.165) is 32.4 Å². The lowest BCUT2D eigenvalue weighted by atomic mass is 10.1. The Balaban J connectivity index is 1.62. The summed E-state index contributed by atoms with van der Waals surface area (Å²) in [6.07, 6.45) is 5.36. The van der Waals surface area contributed by atoms with Crippen molar-refractivity contribution in [3.63, 3.8) is 0 Å². The Kier molecular flexibility index (Phi) is 4.68. The maximum absolute atomic E-state index is 12.7. The second kappa shape index (κ2) is 6.72. The van der Waals surface area contributed by atoms with Crippen LogP contribution in [0.1, 0.15) is 54.2 Å². The number of aromatic nitrogens is 1. The molecule has 1 aromatic heterocycles. The lowest BCUT2D eigenvalue weighted by Gasteiger charge is -2.24. The van der Waals surface area contributed by atoms with Crippen LogP contribution in [0.5, 0.6) is 0 Å². The second-order valence-corrected chi connectivity index (χ2v) is 6.62. The van der Waals surface area contributed by atoms with Gasteiger partial charge in [0.15, 0.2) is 5.89 Å². The van der Waals surface area contributed by atoms with Crippen molar-refractivity contribution < 1.29 is 14.0 Å². The quantitative estimate of drug-likeness (QED) is 0.838. The largest absolute Gasteiger partial charge is 0.436 e. The van der Waals surface area contributed by atoms with Crippen molar-refractivity contribution >= 4 is 11.8 Å². The van der Waals surface area contributed by atoms with Gasteiger partial charge in [0.2, 0.25) is 11.7 Å². The lowest BCUT2D eigenvalue weighted by Crippen LogP contribution is -2.38. The van der Waals surface area contributed by atoms with E-state index in [9.17, 15) is 9.59 Å². The molecule has 3 heterocycles. The number of hydrogen-bond acceptors (Lipinski definition) is 4. The molecule has 6 nitrogen and oxygen atoms in total. The highest BCUT2D eigenvalue weighted by Crippen LogP contribution is 2.23. The van der Waals surface area contributed by atoms with Gasteiger partial charge >= 0.3 is 0 Å². The first-order valence-corrected chi connectivity index (χ1v) is 8.58. The summed E-state index contributed by atoms with van der Waals surface area (Å²) in [6.45, 7) is 6.35. The lowest BCUT2D eigenvalue weighted by molar-refractivity contribution is -0.135. The maximum atomic E-state index is 12.7. The number of amides is 2. The Morgan fingerprint density at radius 2 is 1.74 bits per heavy atom. The predicted octanol–water partition coefficient (Wildman–Crippen LogP) is 2.16. The van der Waals surface area contributed by atoms with Crippen molar-refractivity contribution in [2.45, 2.75) is 46.0 Å². The smallest absolute Gasteiger partial charge is 0.291 e. The Labute approximate surface area is 136 Å². The van der Waals surface area contributed by atoms with Crippen molar-refractivity contribution in [2.75, 3.05) is 26.2 Å². The maximum Gasteiger partial charge on any atom is 0.291 e. The summed E-state index contributed by atoms with van der Waals surface area (Å²) in [5, 5.41) is 0. The molecule has 2 aliphatic heterocycles. The Bertz CT molecular complexity index is 588. The molecule has 0 aliphatic carbocycles. The number of likely N-dealkylation sites (tertiary alicyclic amines) is 2. The van der Waals surface area contributed by atoms with Crippen molar-refractivity contribution in [3.05, 3.63) is 17.3 Å². The normalized spacial score (nSPS) is 22.3. The number of carbonyl (C=O) groups is 2. The van der Waals surface area contributed by atoms with Crippen LogP contribution in [0.3, 0.4) is 0 Å². The molecule has 1 atom stereocenters. The molecule has 3 rings (SSSR count). The van der Waals surface area contributed by atoms with E-state index >= 15 is 0 Å². The van der Waals surface area contributed by atoms with Crippen LogP contribution < -0.4 is 0 Å². The molecule has 0 radical (unpaired) electrons. The van der Waals surface area contributed by atoms with Gasteiger partial charge in [-0.1, -0.05) is 12.8 Å². The fourth-order valence-electron chi connectivity index (χ4n) is 3.57. The van der Waals surface area contributed by atoms with Crippen molar-refractivity contribution in [3.8, 4) is 0 Å². The van der Waals surface area contributed by atoms with Gasteiger partial charge in [-0.3, -0.25) is 9.59 Å². The molecule has 0 N–H and O–H groups in total. The number of nitrogens with zero attached hydrogens (tertiary/aromatic N) is 3. The van der Waals surface area contributed by atoms with E-state index in [1.165, 1.54) is 12.8 Å². The highest BCUT2D eigenvalue weighted by molar-refractivity contribution is 5.93. The molecule has 0 aromatic carbocycles. The number of carbonyl (C=O) groups excluding carboxylic acids is 2. The van der Waals surface area contributed by atoms with Gasteiger partial charge in [0.25, 0.3) is 5.91 Å². The molecule has 1 unspecified atom stereocenters. The van der Waals surface area contributed by atoms with Crippen LogP contribution in [0.25, 0.3) is 0 Å². The molecule has 2 amide bonds. The summed E-state index contributed by atoms with van der Waals surface area (Å²) in [6, 6.07) is 0. The average Bonchev–Trinajstić information content (AvgIpc) is 3.04. The van der Waals surface area contributed by atoms with Crippen LogP contribution in [0.15, 0.2) is 4.42 Å². The number of oxazole rings is 1. The third-order valence-corrected chi connectivity index (χ3v) is 4.84. The summed E-state index contributed by atoms with van der Waals surface area (Å²) in [5.41, 5.74) is 0.620. The minimum atomic E-state index is -0.144. The molecule has 23 heavy (non-hydrogen) atoms. The summed E-state index contributed by atoms with van der Waals surface area (Å²) in [4.78, 5) is 33.1. The summed E-state index contributed by atoms with van der Waals surface area (Å²) < 4.78 is 5.42. The molecule has 6 heteroatoms. The van der Waals surface area contributed by atoms with Crippen LogP contribution >= 0.6 is 0 Å². The van der Waals surface area contributed by atoms with E-state index in [1.807, 2.05) is 4.90 Å². The molecule has 2 saturated heterocycles. The SMILES string of the molecule is Cc1nc(C)c(C(=O)N2CCC(C(=O)N3CCCCCC3)C2)o1. The van der Waals surface area contributed by atoms with Gasteiger partial charge in [0, 0.05) is 33.1 Å². The highest BCUT2D eigenvalue weighted by atomic mass is 16.4. The van der Waals surface area contributed by atoms with Crippen molar-refractivity contribution in [1.29, 1.82) is 0 Å². The predicted molar refractivity (Wildman–Crippen MR) is 85.0 cm³/mol. The molecule has 0 saturated carbocycles. The monoisotopic (exact) mass is 319 g/mol.